The van der Waals surface area contributed by atoms with E-state index in [1.165, 1.54) is 35.2 Å². The molecule has 2 N–H and O–H groups in total. The number of non-ortho nitro benzene ring substituents is 1. The minimum atomic E-state index is -0.570. The lowest BCUT2D eigenvalue weighted by Gasteiger charge is -2.08. The Morgan fingerprint density at radius 1 is 1.26 bits per heavy atom. The van der Waals surface area contributed by atoms with Crippen LogP contribution in [0.25, 0.3) is 10.9 Å². The van der Waals surface area contributed by atoms with Crippen LogP contribution in [0.15, 0.2) is 53.6 Å². The summed E-state index contributed by atoms with van der Waals surface area (Å²) in [5, 5.41) is 23.3. The third kappa shape index (κ3) is 4.09. The molecule has 0 aliphatic heterocycles. The van der Waals surface area contributed by atoms with E-state index in [0.29, 0.717) is 17.6 Å². The van der Waals surface area contributed by atoms with Gasteiger partial charge in [0, 0.05) is 25.1 Å². The predicted molar refractivity (Wildman–Crippen MR) is 98.6 cm³/mol. The van der Waals surface area contributed by atoms with Crippen molar-refractivity contribution in [1.82, 2.24) is 9.55 Å². The Morgan fingerprint density at radius 3 is 2.78 bits per heavy atom. The van der Waals surface area contributed by atoms with E-state index in [0.717, 1.165) is 0 Å². The van der Waals surface area contributed by atoms with E-state index in [-0.39, 0.29) is 35.7 Å². The van der Waals surface area contributed by atoms with Gasteiger partial charge in [0.25, 0.3) is 11.2 Å². The summed E-state index contributed by atoms with van der Waals surface area (Å²) in [6, 6.07) is 10.3. The summed E-state index contributed by atoms with van der Waals surface area (Å²) in [4.78, 5) is 38.9. The summed E-state index contributed by atoms with van der Waals surface area (Å²) in [6.45, 7) is 0.235. The minimum Gasteiger partial charge on any atom is -0.506 e. The number of aromatic hydroxyl groups is 1. The highest BCUT2D eigenvalue weighted by molar-refractivity contribution is 5.92. The number of amides is 1. The number of hydrogen-bond donors (Lipinski definition) is 2. The number of nitro benzene ring substituents is 1. The second-order valence-corrected chi connectivity index (χ2v) is 5.87. The molecule has 1 aromatic heterocycles. The Labute approximate surface area is 153 Å². The maximum absolute atomic E-state index is 12.5. The van der Waals surface area contributed by atoms with Crippen LogP contribution in [0.3, 0.4) is 0 Å². The first-order valence-electron chi connectivity index (χ1n) is 8.17. The summed E-state index contributed by atoms with van der Waals surface area (Å²) < 4.78 is 1.32. The van der Waals surface area contributed by atoms with Gasteiger partial charge in [-0.25, -0.2) is 4.98 Å². The van der Waals surface area contributed by atoms with E-state index in [2.05, 4.69) is 10.3 Å². The average molecular weight is 368 g/mol. The zero-order valence-electron chi connectivity index (χ0n) is 14.2. The molecular weight excluding hydrogens is 352 g/mol. The zero-order chi connectivity index (χ0) is 19.4. The van der Waals surface area contributed by atoms with Gasteiger partial charge in [-0.1, -0.05) is 12.1 Å². The Kier molecular flexibility index (Phi) is 5.11. The predicted octanol–water partition coefficient (Wildman–Crippen LogP) is 2.43. The quantitative estimate of drug-likeness (QED) is 0.391. The van der Waals surface area contributed by atoms with E-state index in [1.54, 1.807) is 18.2 Å². The number of benzene rings is 2. The van der Waals surface area contributed by atoms with E-state index >= 15 is 0 Å². The first-order valence-corrected chi connectivity index (χ1v) is 8.17. The molecule has 0 radical (unpaired) electrons. The van der Waals surface area contributed by atoms with Crippen molar-refractivity contribution in [3.63, 3.8) is 0 Å². The monoisotopic (exact) mass is 368 g/mol. The number of para-hydroxylation sites is 2. The van der Waals surface area contributed by atoms with Gasteiger partial charge in [-0.2, -0.15) is 0 Å². The molecule has 138 valence electrons. The molecule has 1 amide bonds. The number of anilines is 1. The lowest BCUT2D eigenvalue weighted by atomic mass is 10.2. The molecule has 0 saturated carbocycles. The zero-order valence-corrected chi connectivity index (χ0v) is 14.2. The molecule has 0 bridgehead atoms. The normalized spacial score (nSPS) is 10.7. The summed E-state index contributed by atoms with van der Waals surface area (Å²) in [5.41, 5.74) is 0.115. The van der Waals surface area contributed by atoms with E-state index in [1.807, 2.05) is 0 Å². The van der Waals surface area contributed by atoms with Crippen molar-refractivity contribution in [3.8, 4) is 5.75 Å². The van der Waals surface area contributed by atoms with Crippen LogP contribution >= 0.6 is 0 Å². The van der Waals surface area contributed by atoms with Crippen LogP contribution in [0.4, 0.5) is 11.4 Å². The fourth-order valence-corrected chi connectivity index (χ4v) is 2.62. The first kappa shape index (κ1) is 18.1. The number of fused-ring (bicyclic) bond motifs is 1. The second kappa shape index (κ2) is 7.65. The third-order valence-electron chi connectivity index (χ3n) is 4.00. The summed E-state index contributed by atoms with van der Waals surface area (Å²) in [6.07, 6.45) is 1.85. The van der Waals surface area contributed by atoms with E-state index < -0.39 is 10.5 Å². The highest BCUT2D eigenvalue weighted by Gasteiger charge is 2.11. The molecular formula is C18H16N4O5. The molecule has 2 aromatic carbocycles. The number of hydrogen-bond acceptors (Lipinski definition) is 6. The maximum atomic E-state index is 12.5. The number of aryl methyl sites for hydroxylation is 1. The summed E-state index contributed by atoms with van der Waals surface area (Å²) in [5.74, 6) is -0.323. The number of carbonyl (C=O) groups excluding carboxylic acids is 1. The molecule has 0 aliphatic rings. The van der Waals surface area contributed by atoms with Crippen LogP contribution in [0.1, 0.15) is 12.8 Å². The molecule has 9 nitrogen and oxygen atoms in total. The number of nitrogens with one attached hydrogen (secondary N) is 1. The Balaban J connectivity index is 1.67. The summed E-state index contributed by atoms with van der Waals surface area (Å²) >= 11 is 0. The van der Waals surface area contributed by atoms with Crippen molar-refractivity contribution in [1.29, 1.82) is 0 Å². The van der Waals surface area contributed by atoms with Crippen LogP contribution in [-0.4, -0.2) is 25.5 Å². The number of aromatic nitrogens is 2. The lowest BCUT2D eigenvalue weighted by Crippen LogP contribution is -2.21. The van der Waals surface area contributed by atoms with Gasteiger partial charge in [0.15, 0.2) is 0 Å². The van der Waals surface area contributed by atoms with Gasteiger partial charge in [0.05, 0.1) is 27.8 Å². The first-order chi connectivity index (χ1) is 13.0. The Bertz CT molecular complexity index is 1080. The third-order valence-corrected chi connectivity index (χ3v) is 4.00. The van der Waals surface area contributed by atoms with E-state index in [9.17, 15) is 24.8 Å². The number of carbonyl (C=O) groups is 1. The van der Waals surface area contributed by atoms with Crippen molar-refractivity contribution in [3.05, 3.63) is 69.3 Å². The molecule has 0 spiro atoms. The highest BCUT2D eigenvalue weighted by atomic mass is 16.6. The van der Waals surface area contributed by atoms with E-state index in [4.69, 9.17) is 0 Å². The molecule has 1 heterocycles. The fraction of sp³-hybridized carbons (Fsp3) is 0.167. The molecule has 0 saturated heterocycles. The van der Waals surface area contributed by atoms with Gasteiger partial charge in [-0.15, -0.1) is 0 Å². The van der Waals surface area contributed by atoms with Gasteiger partial charge in [0.2, 0.25) is 5.91 Å². The topological polar surface area (TPSA) is 127 Å². The van der Waals surface area contributed by atoms with Crippen molar-refractivity contribution in [2.45, 2.75) is 19.4 Å². The molecule has 0 unspecified atom stereocenters. The Hall–Kier alpha value is -3.75. The largest absolute Gasteiger partial charge is 0.506 e. The second-order valence-electron chi connectivity index (χ2n) is 5.87. The maximum Gasteiger partial charge on any atom is 0.270 e. The van der Waals surface area contributed by atoms with Crippen molar-refractivity contribution >= 4 is 28.2 Å². The van der Waals surface area contributed by atoms with Crippen LogP contribution in [0.2, 0.25) is 0 Å². The van der Waals surface area contributed by atoms with Crippen LogP contribution in [0, 0.1) is 10.1 Å². The van der Waals surface area contributed by atoms with Gasteiger partial charge in [-0.05, 0) is 24.6 Å². The minimum absolute atomic E-state index is 0.0256. The smallest absolute Gasteiger partial charge is 0.270 e. The van der Waals surface area contributed by atoms with Crippen LogP contribution in [0.5, 0.6) is 5.75 Å². The average Bonchev–Trinajstić information content (AvgIpc) is 2.65. The molecule has 0 atom stereocenters. The number of rotatable bonds is 6. The van der Waals surface area contributed by atoms with Gasteiger partial charge in [-0.3, -0.25) is 24.3 Å². The highest BCUT2D eigenvalue weighted by Crippen LogP contribution is 2.21. The van der Waals surface area contributed by atoms with Crippen LogP contribution in [-0.2, 0) is 11.3 Å². The molecule has 0 fully saturated rings. The molecule has 9 heteroatoms. The van der Waals surface area contributed by atoms with Gasteiger partial charge >= 0.3 is 0 Å². The molecule has 0 aliphatic carbocycles. The number of nitrogens with zero attached hydrogens (tertiary/aromatic N) is 3. The van der Waals surface area contributed by atoms with Crippen LogP contribution < -0.4 is 10.9 Å². The number of phenols is 1. The number of phenolic OH excluding ortho intramolecular Hbond substituents is 1. The fourth-order valence-electron chi connectivity index (χ4n) is 2.62. The Morgan fingerprint density at radius 2 is 2.04 bits per heavy atom. The van der Waals surface area contributed by atoms with Crippen molar-refractivity contribution in [2.75, 3.05) is 5.32 Å². The molecule has 3 aromatic rings. The van der Waals surface area contributed by atoms with Gasteiger partial charge in [0.1, 0.15) is 5.75 Å². The molecule has 27 heavy (non-hydrogen) atoms. The summed E-state index contributed by atoms with van der Waals surface area (Å²) in [7, 11) is 0. The standard InChI is InChI=1S/C18H16N4O5/c23-16-5-2-1-4-15(16)20-17(24)6-3-9-21-11-19-14-8-7-12(22(26)27)10-13(14)18(21)25/h1-2,4-5,7-8,10-11,23H,3,6,9H2,(H,20,24). The van der Waals surface area contributed by atoms with Crippen molar-refractivity contribution < 1.29 is 14.8 Å². The number of nitro groups is 1. The van der Waals surface area contributed by atoms with Gasteiger partial charge < -0.3 is 10.4 Å². The SMILES string of the molecule is O=C(CCCn1cnc2ccc([N+](=O)[O-])cc2c1=O)Nc1ccccc1O. The molecule has 3 rings (SSSR count). The lowest BCUT2D eigenvalue weighted by molar-refractivity contribution is -0.384. The van der Waals surface area contributed by atoms with Crippen molar-refractivity contribution in [2.24, 2.45) is 0 Å².